The second-order valence-electron chi connectivity index (χ2n) is 3.62. The van der Waals surface area contributed by atoms with Gasteiger partial charge >= 0.3 is 5.97 Å². The van der Waals surface area contributed by atoms with Crippen molar-refractivity contribution in [3.05, 3.63) is 0 Å². The molecule has 86 valence electrons. The van der Waals surface area contributed by atoms with E-state index in [4.69, 9.17) is 10.00 Å². The van der Waals surface area contributed by atoms with Gasteiger partial charge in [-0.1, -0.05) is 6.92 Å². The van der Waals surface area contributed by atoms with Crippen molar-refractivity contribution < 1.29 is 9.53 Å². The summed E-state index contributed by atoms with van der Waals surface area (Å²) in [4.78, 5) is 13.2. The van der Waals surface area contributed by atoms with Gasteiger partial charge < -0.3 is 4.74 Å². The molecule has 0 saturated carbocycles. The molecule has 0 aliphatic carbocycles. The highest BCUT2D eigenvalue weighted by atomic mass is 16.5. The lowest BCUT2D eigenvalue weighted by Gasteiger charge is -2.28. The Kier molecular flexibility index (Phi) is 6.72. The molecule has 0 aromatic heterocycles. The summed E-state index contributed by atoms with van der Waals surface area (Å²) in [6.07, 6.45) is 0.716. The van der Waals surface area contributed by atoms with Crippen molar-refractivity contribution in [3.63, 3.8) is 0 Å². The minimum atomic E-state index is -0.264. The van der Waals surface area contributed by atoms with Crippen molar-refractivity contribution in [2.45, 2.75) is 46.2 Å². The van der Waals surface area contributed by atoms with E-state index < -0.39 is 0 Å². The molecular weight excluding hydrogens is 192 g/mol. The van der Waals surface area contributed by atoms with Crippen molar-refractivity contribution in [1.29, 1.82) is 5.26 Å². The molecule has 0 saturated heterocycles. The fourth-order valence-corrected chi connectivity index (χ4v) is 1.41. The molecule has 4 heteroatoms. The zero-order valence-corrected chi connectivity index (χ0v) is 9.99. The van der Waals surface area contributed by atoms with Crippen molar-refractivity contribution in [1.82, 2.24) is 4.90 Å². The van der Waals surface area contributed by atoms with Crippen molar-refractivity contribution in [2.24, 2.45) is 0 Å². The lowest BCUT2D eigenvalue weighted by molar-refractivity contribution is -0.145. The zero-order valence-electron chi connectivity index (χ0n) is 9.99. The van der Waals surface area contributed by atoms with Crippen LogP contribution in [0.15, 0.2) is 0 Å². The summed E-state index contributed by atoms with van der Waals surface area (Å²) in [5, 5.41) is 8.94. The SMILES string of the molecule is CCOC(=O)CN(C(C)C)C(C#N)CC. The van der Waals surface area contributed by atoms with Gasteiger partial charge in [0.1, 0.15) is 0 Å². The van der Waals surface area contributed by atoms with Crippen LogP contribution in [0.1, 0.15) is 34.1 Å². The fourth-order valence-electron chi connectivity index (χ4n) is 1.41. The van der Waals surface area contributed by atoms with E-state index in [2.05, 4.69) is 6.07 Å². The molecule has 0 bridgehead atoms. The van der Waals surface area contributed by atoms with Crippen LogP contribution in [-0.2, 0) is 9.53 Å². The minimum absolute atomic E-state index is 0.166. The maximum Gasteiger partial charge on any atom is 0.320 e. The molecule has 0 aromatic carbocycles. The van der Waals surface area contributed by atoms with Gasteiger partial charge in [-0.15, -0.1) is 0 Å². The Hall–Kier alpha value is -1.08. The number of carbonyl (C=O) groups is 1. The summed E-state index contributed by atoms with van der Waals surface area (Å²) in [7, 11) is 0. The van der Waals surface area contributed by atoms with Gasteiger partial charge in [0.25, 0.3) is 0 Å². The molecule has 0 rings (SSSR count). The van der Waals surface area contributed by atoms with E-state index in [1.807, 2.05) is 25.7 Å². The van der Waals surface area contributed by atoms with Gasteiger partial charge in [0.05, 0.1) is 25.3 Å². The molecule has 1 unspecified atom stereocenters. The molecule has 0 N–H and O–H groups in total. The van der Waals surface area contributed by atoms with Gasteiger partial charge in [-0.25, -0.2) is 0 Å². The van der Waals surface area contributed by atoms with E-state index in [0.29, 0.717) is 13.0 Å². The van der Waals surface area contributed by atoms with Crippen LogP contribution in [-0.4, -0.2) is 36.1 Å². The molecule has 4 nitrogen and oxygen atoms in total. The summed E-state index contributed by atoms with van der Waals surface area (Å²) in [6.45, 7) is 8.23. The van der Waals surface area contributed by atoms with Crippen molar-refractivity contribution >= 4 is 5.97 Å². The lowest BCUT2D eigenvalue weighted by atomic mass is 10.1. The van der Waals surface area contributed by atoms with Crippen LogP contribution in [0, 0.1) is 11.3 Å². The van der Waals surface area contributed by atoms with E-state index in [0.717, 1.165) is 0 Å². The first-order chi connectivity index (χ1) is 7.06. The van der Waals surface area contributed by atoms with E-state index in [-0.39, 0.29) is 24.6 Å². The summed E-state index contributed by atoms with van der Waals surface area (Å²) in [6, 6.07) is 2.15. The third kappa shape index (κ3) is 4.80. The number of carbonyl (C=O) groups excluding carboxylic acids is 1. The molecular formula is C11H20N2O2. The number of esters is 1. The zero-order chi connectivity index (χ0) is 11.8. The average molecular weight is 212 g/mol. The second kappa shape index (κ2) is 7.24. The fraction of sp³-hybridized carbons (Fsp3) is 0.818. The maximum atomic E-state index is 11.3. The summed E-state index contributed by atoms with van der Waals surface area (Å²) < 4.78 is 4.87. The predicted molar refractivity (Wildman–Crippen MR) is 58.2 cm³/mol. The molecule has 0 heterocycles. The first kappa shape index (κ1) is 13.9. The van der Waals surface area contributed by atoms with E-state index in [1.165, 1.54) is 0 Å². The van der Waals surface area contributed by atoms with Crippen LogP contribution < -0.4 is 0 Å². The molecule has 0 amide bonds. The van der Waals surface area contributed by atoms with Gasteiger partial charge in [-0.3, -0.25) is 9.69 Å². The van der Waals surface area contributed by atoms with Crippen LogP contribution >= 0.6 is 0 Å². The quantitative estimate of drug-likeness (QED) is 0.627. The van der Waals surface area contributed by atoms with Crippen LogP contribution in [0.5, 0.6) is 0 Å². The Balaban J connectivity index is 4.41. The molecule has 0 radical (unpaired) electrons. The number of nitriles is 1. The van der Waals surface area contributed by atoms with Gasteiger partial charge in [0, 0.05) is 6.04 Å². The first-order valence-electron chi connectivity index (χ1n) is 5.37. The second-order valence-corrected chi connectivity index (χ2v) is 3.62. The summed E-state index contributed by atoms with van der Waals surface area (Å²) >= 11 is 0. The molecule has 0 spiro atoms. The van der Waals surface area contributed by atoms with Gasteiger partial charge in [-0.05, 0) is 27.2 Å². The third-order valence-corrected chi connectivity index (χ3v) is 2.22. The Bertz CT molecular complexity index is 233. The lowest BCUT2D eigenvalue weighted by Crippen LogP contribution is -2.43. The molecule has 0 aliphatic heterocycles. The van der Waals surface area contributed by atoms with E-state index >= 15 is 0 Å². The van der Waals surface area contributed by atoms with Gasteiger partial charge in [0.2, 0.25) is 0 Å². The van der Waals surface area contributed by atoms with Gasteiger partial charge in [-0.2, -0.15) is 5.26 Å². The Morgan fingerprint density at radius 2 is 2.07 bits per heavy atom. The van der Waals surface area contributed by atoms with Crippen LogP contribution in [0.2, 0.25) is 0 Å². The normalized spacial score (nSPS) is 12.6. The number of hydrogen-bond donors (Lipinski definition) is 0. The van der Waals surface area contributed by atoms with Crippen LogP contribution in [0.25, 0.3) is 0 Å². The standard InChI is InChI=1S/C11H20N2O2/c1-5-10(7-12)13(9(3)4)8-11(14)15-6-2/h9-10H,5-6,8H2,1-4H3. The largest absolute Gasteiger partial charge is 0.465 e. The van der Waals surface area contributed by atoms with Crippen molar-refractivity contribution in [3.8, 4) is 6.07 Å². The van der Waals surface area contributed by atoms with Crippen LogP contribution in [0.3, 0.4) is 0 Å². The highest BCUT2D eigenvalue weighted by Crippen LogP contribution is 2.08. The number of nitrogens with zero attached hydrogens (tertiary/aromatic N) is 2. The first-order valence-corrected chi connectivity index (χ1v) is 5.37. The number of hydrogen-bond acceptors (Lipinski definition) is 4. The number of rotatable bonds is 6. The smallest absolute Gasteiger partial charge is 0.320 e. The van der Waals surface area contributed by atoms with Gasteiger partial charge in [0.15, 0.2) is 0 Å². The van der Waals surface area contributed by atoms with E-state index in [9.17, 15) is 4.79 Å². The molecule has 1 atom stereocenters. The summed E-state index contributed by atoms with van der Waals surface area (Å²) in [5.74, 6) is -0.264. The Labute approximate surface area is 91.8 Å². The van der Waals surface area contributed by atoms with Crippen molar-refractivity contribution in [2.75, 3.05) is 13.2 Å². The van der Waals surface area contributed by atoms with Crippen LogP contribution in [0.4, 0.5) is 0 Å². The Morgan fingerprint density at radius 1 is 1.47 bits per heavy atom. The third-order valence-electron chi connectivity index (χ3n) is 2.22. The monoisotopic (exact) mass is 212 g/mol. The Morgan fingerprint density at radius 3 is 2.40 bits per heavy atom. The molecule has 0 aromatic rings. The highest BCUT2D eigenvalue weighted by Gasteiger charge is 2.22. The number of ether oxygens (including phenoxy) is 1. The van der Waals surface area contributed by atoms with E-state index in [1.54, 1.807) is 6.92 Å². The molecule has 0 fully saturated rings. The topological polar surface area (TPSA) is 53.3 Å². The minimum Gasteiger partial charge on any atom is -0.465 e. The summed E-state index contributed by atoms with van der Waals surface area (Å²) in [5.41, 5.74) is 0. The molecule has 15 heavy (non-hydrogen) atoms. The average Bonchev–Trinajstić information content (AvgIpc) is 2.18. The maximum absolute atomic E-state index is 11.3. The predicted octanol–water partition coefficient (Wildman–Crippen LogP) is 1.56. The highest BCUT2D eigenvalue weighted by molar-refractivity contribution is 5.71. The molecule has 0 aliphatic rings.